The van der Waals surface area contributed by atoms with Gasteiger partial charge in [0.2, 0.25) is 0 Å². The van der Waals surface area contributed by atoms with Crippen LogP contribution in [0.3, 0.4) is 0 Å². The van der Waals surface area contributed by atoms with E-state index < -0.39 is 0 Å². The fraction of sp³-hybridized carbons (Fsp3) is 0.182. The number of rotatable bonds is 2. The maximum absolute atomic E-state index is 4.14. The first kappa shape index (κ1) is 9.58. The average Bonchev–Trinajstić information content (AvgIpc) is 2.30. The third-order valence-electron chi connectivity index (χ3n) is 2.12. The van der Waals surface area contributed by atoms with Crippen molar-refractivity contribution in [3.63, 3.8) is 0 Å². The zero-order valence-corrected chi connectivity index (χ0v) is 8.75. The van der Waals surface area contributed by atoms with Crippen LogP contribution in [0.2, 0.25) is 0 Å². The van der Waals surface area contributed by atoms with Gasteiger partial charge in [0.1, 0.15) is 0 Å². The molecule has 0 fully saturated rings. The molecule has 1 heterocycles. The lowest BCUT2D eigenvalue weighted by molar-refractivity contribution is 0.979. The Bertz CT molecular complexity index is 422. The fourth-order valence-electron chi connectivity index (χ4n) is 1.29. The van der Waals surface area contributed by atoms with Crippen LogP contribution in [0.5, 0.6) is 0 Å². The summed E-state index contributed by atoms with van der Waals surface area (Å²) in [5.74, 6) is 0.655. The van der Waals surface area contributed by atoms with Gasteiger partial charge < -0.3 is 4.90 Å². The van der Waals surface area contributed by atoms with Gasteiger partial charge >= 0.3 is 0 Å². The number of hydrogen-bond donors (Lipinski definition) is 0. The molecule has 0 atom stereocenters. The molecule has 2 aromatic rings. The number of anilines is 1. The van der Waals surface area contributed by atoms with E-state index in [1.54, 1.807) is 12.4 Å². The quantitative estimate of drug-likeness (QED) is 0.738. The van der Waals surface area contributed by atoms with Gasteiger partial charge in [-0.25, -0.2) is 4.98 Å². The Morgan fingerprint density at radius 1 is 1.00 bits per heavy atom. The summed E-state index contributed by atoms with van der Waals surface area (Å²) in [5.41, 5.74) is 2.14. The molecule has 0 aliphatic carbocycles. The average molecular weight is 200 g/mol. The Morgan fingerprint density at radius 2 is 1.73 bits per heavy atom. The van der Waals surface area contributed by atoms with Crippen LogP contribution < -0.4 is 4.90 Å². The zero-order valence-electron chi connectivity index (χ0n) is 8.75. The largest absolute Gasteiger partial charge is 0.378 e. The van der Waals surface area contributed by atoms with E-state index in [1.165, 1.54) is 0 Å². The SMILES string of the molecule is CN(C)c1ccc(-c2nccnn2)cc1. The van der Waals surface area contributed by atoms with Crippen LogP contribution in [0.15, 0.2) is 36.7 Å². The summed E-state index contributed by atoms with van der Waals surface area (Å²) in [6.45, 7) is 0. The molecular weight excluding hydrogens is 188 g/mol. The van der Waals surface area contributed by atoms with Crippen molar-refractivity contribution < 1.29 is 0 Å². The molecule has 2 rings (SSSR count). The van der Waals surface area contributed by atoms with Crippen LogP contribution in [0.1, 0.15) is 0 Å². The van der Waals surface area contributed by atoms with E-state index in [0.29, 0.717) is 5.82 Å². The van der Waals surface area contributed by atoms with E-state index in [9.17, 15) is 0 Å². The Balaban J connectivity index is 2.32. The van der Waals surface area contributed by atoms with Gasteiger partial charge in [0.05, 0.1) is 6.20 Å². The third-order valence-corrected chi connectivity index (χ3v) is 2.12. The van der Waals surface area contributed by atoms with Crippen LogP contribution in [0.25, 0.3) is 11.4 Å². The van der Waals surface area contributed by atoms with E-state index in [0.717, 1.165) is 11.3 Å². The van der Waals surface area contributed by atoms with Crippen LogP contribution in [-0.4, -0.2) is 29.3 Å². The summed E-state index contributed by atoms with van der Waals surface area (Å²) in [6, 6.07) is 8.05. The summed E-state index contributed by atoms with van der Waals surface area (Å²) in [7, 11) is 4.02. The first-order valence-electron chi connectivity index (χ1n) is 4.69. The number of benzene rings is 1. The second-order valence-corrected chi connectivity index (χ2v) is 3.41. The van der Waals surface area contributed by atoms with Gasteiger partial charge in [0, 0.05) is 31.5 Å². The molecule has 1 aromatic heterocycles. The van der Waals surface area contributed by atoms with Gasteiger partial charge in [-0.3, -0.25) is 0 Å². The highest BCUT2D eigenvalue weighted by molar-refractivity contribution is 5.59. The van der Waals surface area contributed by atoms with Gasteiger partial charge in [-0.1, -0.05) is 0 Å². The Labute approximate surface area is 88.6 Å². The summed E-state index contributed by atoms with van der Waals surface area (Å²) in [6.07, 6.45) is 3.21. The Morgan fingerprint density at radius 3 is 2.27 bits per heavy atom. The van der Waals surface area contributed by atoms with Gasteiger partial charge in [0.15, 0.2) is 5.82 Å². The molecule has 0 N–H and O–H groups in total. The van der Waals surface area contributed by atoms with E-state index in [1.807, 2.05) is 43.3 Å². The van der Waals surface area contributed by atoms with Gasteiger partial charge in [0.25, 0.3) is 0 Å². The molecule has 0 radical (unpaired) electrons. The molecule has 0 aliphatic rings. The second kappa shape index (κ2) is 4.04. The topological polar surface area (TPSA) is 41.9 Å². The van der Waals surface area contributed by atoms with Crippen molar-refractivity contribution in [1.82, 2.24) is 15.2 Å². The van der Waals surface area contributed by atoms with Gasteiger partial charge in [-0.05, 0) is 24.3 Å². The minimum absolute atomic E-state index is 0.655. The lowest BCUT2D eigenvalue weighted by Crippen LogP contribution is -2.08. The molecule has 76 valence electrons. The molecule has 0 spiro atoms. The molecule has 4 heteroatoms. The number of nitrogens with zero attached hydrogens (tertiary/aromatic N) is 4. The first-order chi connectivity index (χ1) is 7.27. The predicted octanol–water partition coefficient (Wildman–Crippen LogP) is 1.60. The molecule has 0 aliphatic heterocycles. The van der Waals surface area contributed by atoms with Crippen LogP contribution in [0.4, 0.5) is 5.69 Å². The summed E-state index contributed by atoms with van der Waals surface area (Å²) >= 11 is 0. The van der Waals surface area contributed by atoms with Crippen LogP contribution in [-0.2, 0) is 0 Å². The van der Waals surface area contributed by atoms with Crippen molar-refractivity contribution in [1.29, 1.82) is 0 Å². The molecule has 1 aromatic carbocycles. The maximum atomic E-state index is 4.14. The van der Waals surface area contributed by atoms with Crippen molar-refractivity contribution in [2.75, 3.05) is 19.0 Å². The number of aromatic nitrogens is 3. The third kappa shape index (κ3) is 2.10. The zero-order chi connectivity index (χ0) is 10.7. The van der Waals surface area contributed by atoms with Gasteiger partial charge in [-0.2, -0.15) is 5.10 Å². The Kier molecular flexibility index (Phi) is 2.58. The van der Waals surface area contributed by atoms with Crippen molar-refractivity contribution in [3.05, 3.63) is 36.7 Å². The van der Waals surface area contributed by atoms with E-state index in [2.05, 4.69) is 15.2 Å². The van der Waals surface area contributed by atoms with Crippen LogP contribution in [0, 0.1) is 0 Å². The standard InChI is InChI=1S/C11H12N4/c1-15(2)10-5-3-9(4-6-10)11-12-7-8-13-14-11/h3-8H,1-2H3. The lowest BCUT2D eigenvalue weighted by Gasteiger charge is -2.12. The summed E-state index contributed by atoms with van der Waals surface area (Å²) in [4.78, 5) is 6.19. The van der Waals surface area contributed by atoms with Gasteiger partial charge in [-0.15, -0.1) is 5.10 Å². The van der Waals surface area contributed by atoms with Crippen molar-refractivity contribution >= 4 is 5.69 Å². The number of hydrogen-bond acceptors (Lipinski definition) is 4. The fourth-order valence-corrected chi connectivity index (χ4v) is 1.29. The normalized spacial score (nSPS) is 10.0. The van der Waals surface area contributed by atoms with E-state index in [4.69, 9.17) is 0 Å². The van der Waals surface area contributed by atoms with Crippen molar-refractivity contribution in [2.24, 2.45) is 0 Å². The molecule has 0 amide bonds. The highest BCUT2D eigenvalue weighted by Gasteiger charge is 2.00. The van der Waals surface area contributed by atoms with E-state index in [-0.39, 0.29) is 0 Å². The molecule has 0 saturated carbocycles. The molecule has 0 saturated heterocycles. The van der Waals surface area contributed by atoms with Crippen molar-refractivity contribution in [2.45, 2.75) is 0 Å². The highest BCUT2D eigenvalue weighted by Crippen LogP contribution is 2.18. The second-order valence-electron chi connectivity index (χ2n) is 3.41. The smallest absolute Gasteiger partial charge is 0.181 e. The van der Waals surface area contributed by atoms with Crippen LogP contribution >= 0.6 is 0 Å². The monoisotopic (exact) mass is 200 g/mol. The molecular formula is C11H12N4. The lowest BCUT2D eigenvalue weighted by atomic mass is 10.2. The summed E-state index contributed by atoms with van der Waals surface area (Å²) in [5, 5.41) is 7.74. The maximum Gasteiger partial charge on any atom is 0.181 e. The molecule has 15 heavy (non-hydrogen) atoms. The molecule has 4 nitrogen and oxygen atoms in total. The summed E-state index contributed by atoms with van der Waals surface area (Å²) < 4.78 is 0. The Hall–Kier alpha value is -1.97. The predicted molar refractivity (Wildman–Crippen MR) is 59.6 cm³/mol. The minimum Gasteiger partial charge on any atom is -0.378 e. The molecule has 0 bridgehead atoms. The van der Waals surface area contributed by atoms with E-state index >= 15 is 0 Å². The van der Waals surface area contributed by atoms with Crippen molar-refractivity contribution in [3.8, 4) is 11.4 Å². The first-order valence-corrected chi connectivity index (χ1v) is 4.69. The highest BCUT2D eigenvalue weighted by atomic mass is 15.1. The minimum atomic E-state index is 0.655. The molecule has 0 unspecified atom stereocenters.